The smallest absolute Gasteiger partial charge is 0.319 e. The van der Waals surface area contributed by atoms with Crippen LogP contribution < -0.4 is 5.32 Å². The van der Waals surface area contributed by atoms with Crippen LogP contribution in [-0.4, -0.2) is 79.5 Å². The van der Waals surface area contributed by atoms with Crippen molar-refractivity contribution in [2.45, 2.75) is 38.1 Å². The summed E-state index contributed by atoms with van der Waals surface area (Å²) in [5.74, 6) is 0.206. The van der Waals surface area contributed by atoms with Gasteiger partial charge < -0.3 is 20.0 Å². The van der Waals surface area contributed by atoms with Crippen LogP contribution in [-0.2, 0) is 11.2 Å². The van der Waals surface area contributed by atoms with Gasteiger partial charge in [-0.3, -0.25) is 4.79 Å². The highest BCUT2D eigenvalue weighted by Gasteiger charge is 2.30. The van der Waals surface area contributed by atoms with Gasteiger partial charge >= 0.3 is 6.03 Å². The fourth-order valence-electron chi connectivity index (χ4n) is 4.24. The molecule has 2 heterocycles. The van der Waals surface area contributed by atoms with E-state index in [9.17, 15) is 9.59 Å². The Bertz CT molecular complexity index is 641. The first-order valence-corrected chi connectivity index (χ1v) is 10.6. The molecule has 6 heteroatoms. The topological polar surface area (TPSA) is 55.9 Å². The summed E-state index contributed by atoms with van der Waals surface area (Å²) in [5, 5.41) is 3.29. The second kappa shape index (κ2) is 9.92. The third kappa shape index (κ3) is 5.71. The average Bonchev–Trinajstić information content (AvgIpc) is 2.73. The Labute approximate surface area is 168 Å². The molecule has 0 radical (unpaired) electrons. The Morgan fingerprint density at radius 2 is 1.79 bits per heavy atom. The molecular weight excluding hydrogens is 352 g/mol. The van der Waals surface area contributed by atoms with Crippen molar-refractivity contribution in [1.29, 1.82) is 0 Å². The van der Waals surface area contributed by atoms with Crippen molar-refractivity contribution in [3.8, 4) is 0 Å². The third-order valence-corrected chi connectivity index (χ3v) is 5.93. The van der Waals surface area contributed by atoms with E-state index < -0.39 is 0 Å². The van der Waals surface area contributed by atoms with Crippen molar-refractivity contribution in [2.24, 2.45) is 5.92 Å². The predicted octanol–water partition coefficient (Wildman–Crippen LogP) is 2.20. The van der Waals surface area contributed by atoms with Crippen LogP contribution in [0.25, 0.3) is 0 Å². The summed E-state index contributed by atoms with van der Waals surface area (Å²) in [5.41, 5.74) is 1.37. The first-order valence-electron chi connectivity index (χ1n) is 10.6. The van der Waals surface area contributed by atoms with Crippen LogP contribution in [0, 0.1) is 5.92 Å². The summed E-state index contributed by atoms with van der Waals surface area (Å²) >= 11 is 0. The molecule has 0 spiro atoms. The molecular formula is C22H34N4O2. The number of nitrogens with one attached hydrogen (secondary N) is 1. The predicted molar refractivity (Wildman–Crippen MR) is 111 cm³/mol. The van der Waals surface area contributed by atoms with Crippen LogP contribution in [0.15, 0.2) is 30.3 Å². The molecule has 0 aromatic heterocycles. The Hall–Kier alpha value is -2.08. The highest BCUT2D eigenvalue weighted by atomic mass is 16.2. The van der Waals surface area contributed by atoms with E-state index in [0.29, 0.717) is 13.1 Å². The largest absolute Gasteiger partial charge is 0.352 e. The lowest BCUT2D eigenvalue weighted by molar-refractivity contribution is -0.127. The number of hydrogen-bond donors (Lipinski definition) is 1. The third-order valence-electron chi connectivity index (χ3n) is 5.93. The number of benzene rings is 1. The summed E-state index contributed by atoms with van der Waals surface area (Å²) in [6, 6.07) is 10.9. The molecule has 1 aromatic carbocycles. The van der Waals surface area contributed by atoms with Gasteiger partial charge in [-0.15, -0.1) is 0 Å². The Morgan fingerprint density at radius 1 is 1.07 bits per heavy atom. The number of piperidine rings is 2. The van der Waals surface area contributed by atoms with E-state index in [2.05, 4.69) is 40.5 Å². The summed E-state index contributed by atoms with van der Waals surface area (Å²) < 4.78 is 0. The van der Waals surface area contributed by atoms with Crippen molar-refractivity contribution in [3.63, 3.8) is 0 Å². The highest BCUT2D eigenvalue weighted by molar-refractivity contribution is 5.80. The van der Waals surface area contributed by atoms with Gasteiger partial charge in [0.15, 0.2) is 0 Å². The summed E-state index contributed by atoms with van der Waals surface area (Å²) in [6.45, 7) is 4.44. The van der Waals surface area contributed by atoms with E-state index in [1.54, 1.807) is 19.0 Å². The number of rotatable bonds is 5. The van der Waals surface area contributed by atoms with Crippen LogP contribution in [0.3, 0.4) is 0 Å². The quantitative estimate of drug-likeness (QED) is 0.844. The fourth-order valence-corrected chi connectivity index (χ4v) is 4.24. The van der Waals surface area contributed by atoms with Gasteiger partial charge in [-0.1, -0.05) is 30.3 Å². The summed E-state index contributed by atoms with van der Waals surface area (Å²) in [7, 11) is 3.54. The fraction of sp³-hybridized carbons (Fsp3) is 0.636. The highest BCUT2D eigenvalue weighted by Crippen LogP contribution is 2.19. The van der Waals surface area contributed by atoms with Gasteiger partial charge in [0.25, 0.3) is 0 Å². The molecule has 1 atom stereocenters. The second-order valence-corrected chi connectivity index (χ2v) is 8.32. The second-order valence-electron chi connectivity index (χ2n) is 8.32. The molecule has 154 valence electrons. The summed E-state index contributed by atoms with van der Waals surface area (Å²) in [4.78, 5) is 30.7. The monoisotopic (exact) mass is 386 g/mol. The van der Waals surface area contributed by atoms with Crippen LogP contribution in [0.1, 0.15) is 31.2 Å². The number of carbonyl (C=O) groups is 2. The van der Waals surface area contributed by atoms with Gasteiger partial charge in [0.05, 0.1) is 0 Å². The molecule has 3 rings (SSSR count). The van der Waals surface area contributed by atoms with Gasteiger partial charge in [0.1, 0.15) is 0 Å². The first-order chi connectivity index (χ1) is 13.5. The minimum atomic E-state index is 0.0332. The zero-order chi connectivity index (χ0) is 19.9. The molecule has 6 nitrogen and oxygen atoms in total. The van der Waals surface area contributed by atoms with Crippen molar-refractivity contribution < 1.29 is 9.59 Å². The average molecular weight is 387 g/mol. The maximum Gasteiger partial charge on any atom is 0.319 e. The zero-order valence-electron chi connectivity index (χ0n) is 17.3. The number of amides is 3. The number of hydrogen-bond acceptors (Lipinski definition) is 3. The van der Waals surface area contributed by atoms with Gasteiger partial charge in [0, 0.05) is 52.2 Å². The number of nitrogens with zero attached hydrogens (tertiary/aromatic N) is 3. The molecule has 1 aromatic rings. The molecule has 3 amide bonds. The molecule has 0 unspecified atom stereocenters. The summed E-state index contributed by atoms with van der Waals surface area (Å²) in [6.07, 6.45) is 4.77. The van der Waals surface area contributed by atoms with Gasteiger partial charge in [-0.2, -0.15) is 0 Å². The van der Waals surface area contributed by atoms with Crippen LogP contribution in [0.4, 0.5) is 4.79 Å². The molecule has 2 aliphatic rings. The Balaban J connectivity index is 1.41. The van der Waals surface area contributed by atoms with Crippen LogP contribution >= 0.6 is 0 Å². The number of carbonyl (C=O) groups excluding carboxylic acids is 2. The van der Waals surface area contributed by atoms with Crippen molar-refractivity contribution in [3.05, 3.63) is 35.9 Å². The Morgan fingerprint density at radius 3 is 2.46 bits per heavy atom. The standard InChI is InChI=1S/C22H34N4O2/c1-24(2)22(28)26-15-11-19(12-16-26)21(27)23-20-9-6-13-25(17-20)14-10-18-7-4-3-5-8-18/h3-5,7-8,19-20H,6,9-17H2,1-2H3,(H,23,27)/t20-/m1/s1. The van der Waals surface area contributed by atoms with Gasteiger partial charge in [-0.25, -0.2) is 4.79 Å². The Kier molecular flexibility index (Phi) is 7.31. The molecule has 2 saturated heterocycles. The first kappa shape index (κ1) is 20.6. The number of likely N-dealkylation sites (tertiary alicyclic amines) is 2. The molecule has 0 saturated carbocycles. The molecule has 0 aliphatic carbocycles. The maximum absolute atomic E-state index is 12.7. The maximum atomic E-state index is 12.7. The molecule has 1 N–H and O–H groups in total. The van der Waals surface area contributed by atoms with E-state index in [0.717, 1.165) is 51.7 Å². The SMILES string of the molecule is CN(C)C(=O)N1CCC(C(=O)N[C@@H]2CCCN(CCc3ccccc3)C2)CC1. The minimum absolute atomic E-state index is 0.0332. The lowest BCUT2D eigenvalue weighted by atomic mass is 9.95. The molecule has 2 fully saturated rings. The lowest BCUT2D eigenvalue weighted by Gasteiger charge is -2.36. The van der Waals surface area contributed by atoms with Crippen molar-refractivity contribution in [1.82, 2.24) is 20.0 Å². The molecule has 28 heavy (non-hydrogen) atoms. The normalized spacial score (nSPS) is 21.4. The zero-order valence-corrected chi connectivity index (χ0v) is 17.3. The van der Waals surface area contributed by atoms with Crippen LogP contribution in [0.5, 0.6) is 0 Å². The van der Waals surface area contributed by atoms with E-state index in [1.807, 2.05) is 4.90 Å². The molecule has 2 aliphatic heterocycles. The molecule has 0 bridgehead atoms. The van der Waals surface area contributed by atoms with Crippen LogP contribution in [0.2, 0.25) is 0 Å². The van der Waals surface area contributed by atoms with Crippen molar-refractivity contribution in [2.75, 3.05) is 46.8 Å². The van der Waals surface area contributed by atoms with E-state index in [4.69, 9.17) is 0 Å². The van der Waals surface area contributed by atoms with E-state index in [-0.39, 0.29) is 23.9 Å². The lowest BCUT2D eigenvalue weighted by Crippen LogP contribution is -2.51. The van der Waals surface area contributed by atoms with E-state index >= 15 is 0 Å². The minimum Gasteiger partial charge on any atom is -0.352 e. The van der Waals surface area contributed by atoms with E-state index in [1.165, 1.54) is 5.56 Å². The number of urea groups is 1. The van der Waals surface area contributed by atoms with Gasteiger partial charge in [-0.05, 0) is 44.2 Å². The van der Waals surface area contributed by atoms with Crippen molar-refractivity contribution >= 4 is 11.9 Å². The van der Waals surface area contributed by atoms with Gasteiger partial charge in [0.2, 0.25) is 5.91 Å².